The number of carbonyl (C=O) groups is 1. The maximum absolute atomic E-state index is 12.6. The molecule has 10 heteroatoms. The minimum Gasteiger partial charge on any atom is -0.490 e. The second-order valence-electron chi connectivity index (χ2n) is 5.01. The van der Waals surface area contributed by atoms with Crippen molar-refractivity contribution in [3.8, 4) is 11.5 Å². The Balaban J connectivity index is 2.00. The molecule has 0 unspecified atom stereocenters. The first-order valence-electron chi connectivity index (χ1n) is 7.13. The average Bonchev–Trinajstić information content (AvgIpc) is 2.59. The summed E-state index contributed by atoms with van der Waals surface area (Å²) in [6.45, 7) is -0.503. The van der Waals surface area contributed by atoms with Crippen LogP contribution < -0.4 is 14.8 Å². The topological polar surface area (TPSA) is 90.7 Å². The Morgan fingerprint density at radius 3 is 2.58 bits per heavy atom. The van der Waals surface area contributed by atoms with E-state index in [0.29, 0.717) is 0 Å². The van der Waals surface area contributed by atoms with Crippen molar-refractivity contribution in [2.75, 3.05) is 19.0 Å². The van der Waals surface area contributed by atoms with Crippen LogP contribution in [0.3, 0.4) is 0 Å². The van der Waals surface area contributed by atoms with Gasteiger partial charge in [0.15, 0.2) is 6.61 Å². The highest BCUT2D eigenvalue weighted by molar-refractivity contribution is 5.91. The normalized spacial score (nSPS) is 10.9. The number of nitro groups is 1. The van der Waals surface area contributed by atoms with Crippen LogP contribution in [-0.4, -0.2) is 24.5 Å². The zero-order valence-corrected chi connectivity index (χ0v) is 13.4. The minimum absolute atomic E-state index is 0.0327. The molecule has 0 radical (unpaired) electrons. The predicted octanol–water partition coefficient (Wildman–Crippen LogP) is 3.64. The number of nitrogens with one attached hydrogen (secondary N) is 1. The van der Waals surface area contributed by atoms with E-state index in [1.165, 1.54) is 31.4 Å². The van der Waals surface area contributed by atoms with E-state index >= 15 is 0 Å². The zero-order valence-electron chi connectivity index (χ0n) is 13.4. The van der Waals surface area contributed by atoms with Crippen LogP contribution in [0.25, 0.3) is 0 Å². The number of ether oxygens (including phenoxy) is 2. The number of amides is 1. The summed E-state index contributed by atoms with van der Waals surface area (Å²) in [6.07, 6.45) is -4.52. The van der Waals surface area contributed by atoms with Crippen molar-refractivity contribution in [3.63, 3.8) is 0 Å². The SMILES string of the molecule is COc1cc(OCC(=O)Nc2cccc(C(F)(F)F)c2)ccc1[N+](=O)[O-]. The summed E-state index contributed by atoms with van der Waals surface area (Å²) in [5.41, 5.74) is -1.20. The number of alkyl halides is 3. The molecule has 0 bridgehead atoms. The summed E-state index contributed by atoms with van der Waals surface area (Å²) in [7, 11) is 1.24. The summed E-state index contributed by atoms with van der Waals surface area (Å²) in [5.74, 6) is -0.612. The Morgan fingerprint density at radius 2 is 1.96 bits per heavy atom. The van der Waals surface area contributed by atoms with Crippen LogP contribution in [0.15, 0.2) is 42.5 Å². The smallest absolute Gasteiger partial charge is 0.416 e. The van der Waals surface area contributed by atoms with Crippen LogP contribution in [0.1, 0.15) is 5.56 Å². The first-order chi connectivity index (χ1) is 12.2. The standard InChI is InChI=1S/C16H13F3N2O5/c1-25-14-8-12(5-6-13(14)21(23)24)26-9-15(22)20-11-4-2-3-10(7-11)16(17,18)19/h2-8H,9H2,1H3,(H,20,22). The number of rotatable bonds is 6. The Kier molecular flexibility index (Phi) is 5.65. The summed E-state index contributed by atoms with van der Waals surface area (Å²) in [6, 6.07) is 7.82. The van der Waals surface area contributed by atoms with E-state index in [9.17, 15) is 28.1 Å². The molecule has 0 aliphatic carbocycles. The summed E-state index contributed by atoms with van der Waals surface area (Å²) in [4.78, 5) is 22.0. The van der Waals surface area contributed by atoms with Gasteiger partial charge in [-0.05, 0) is 24.3 Å². The fourth-order valence-electron chi connectivity index (χ4n) is 2.02. The minimum atomic E-state index is -4.52. The van der Waals surface area contributed by atoms with Gasteiger partial charge in [-0.1, -0.05) is 6.07 Å². The molecule has 0 aliphatic heterocycles. The molecule has 0 saturated heterocycles. The Hall–Kier alpha value is -3.30. The van der Waals surface area contributed by atoms with Crippen molar-refractivity contribution in [1.82, 2.24) is 0 Å². The van der Waals surface area contributed by atoms with E-state index < -0.39 is 29.2 Å². The summed E-state index contributed by atoms with van der Waals surface area (Å²) in [5, 5.41) is 13.1. The van der Waals surface area contributed by atoms with Crippen molar-refractivity contribution >= 4 is 17.3 Å². The monoisotopic (exact) mass is 370 g/mol. The van der Waals surface area contributed by atoms with Gasteiger partial charge in [0.25, 0.3) is 5.91 Å². The molecule has 2 aromatic carbocycles. The van der Waals surface area contributed by atoms with Gasteiger partial charge in [-0.25, -0.2) is 0 Å². The van der Waals surface area contributed by atoms with E-state index in [4.69, 9.17) is 9.47 Å². The van der Waals surface area contributed by atoms with E-state index in [-0.39, 0.29) is 22.9 Å². The van der Waals surface area contributed by atoms with Gasteiger partial charge in [0.05, 0.1) is 17.6 Å². The zero-order chi connectivity index (χ0) is 19.3. The number of halogens is 3. The third-order valence-electron chi connectivity index (χ3n) is 3.19. The molecular weight excluding hydrogens is 357 g/mol. The van der Waals surface area contributed by atoms with Gasteiger partial charge in [-0.2, -0.15) is 13.2 Å². The van der Waals surface area contributed by atoms with E-state index in [1.807, 2.05) is 0 Å². The fraction of sp³-hybridized carbons (Fsp3) is 0.188. The first-order valence-corrected chi connectivity index (χ1v) is 7.13. The van der Waals surface area contributed by atoms with Gasteiger partial charge >= 0.3 is 11.9 Å². The fourth-order valence-corrected chi connectivity index (χ4v) is 2.02. The number of hydrogen-bond donors (Lipinski definition) is 1. The molecule has 0 fully saturated rings. The molecule has 1 amide bonds. The highest BCUT2D eigenvalue weighted by Gasteiger charge is 2.30. The second-order valence-corrected chi connectivity index (χ2v) is 5.01. The maximum Gasteiger partial charge on any atom is 0.416 e. The van der Waals surface area contributed by atoms with Crippen LogP contribution in [0.4, 0.5) is 24.5 Å². The molecule has 2 aromatic rings. The van der Waals surface area contributed by atoms with E-state index in [1.54, 1.807) is 0 Å². The number of nitrogens with zero attached hydrogens (tertiary/aromatic N) is 1. The molecule has 0 spiro atoms. The lowest BCUT2D eigenvalue weighted by Gasteiger charge is -2.11. The number of carbonyl (C=O) groups excluding carboxylic acids is 1. The first kappa shape index (κ1) is 19.0. The molecule has 1 N–H and O–H groups in total. The summed E-state index contributed by atoms with van der Waals surface area (Å²) < 4.78 is 48.0. The number of benzene rings is 2. The number of nitro benzene ring substituents is 1. The molecule has 7 nitrogen and oxygen atoms in total. The van der Waals surface area contributed by atoms with E-state index in [0.717, 1.165) is 18.2 Å². The molecule has 0 aromatic heterocycles. The molecule has 0 saturated carbocycles. The number of hydrogen-bond acceptors (Lipinski definition) is 5. The Bertz CT molecular complexity index is 824. The highest BCUT2D eigenvalue weighted by Crippen LogP contribution is 2.31. The Morgan fingerprint density at radius 1 is 1.23 bits per heavy atom. The predicted molar refractivity (Wildman–Crippen MR) is 85.2 cm³/mol. The van der Waals surface area contributed by atoms with Crippen LogP contribution >= 0.6 is 0 Å². The largest absolute Gasteiger partial charge is 0.490 e. The highest BCUT2D eigenvalue weighted by atomic mass is 19.4. The van der Waals surface area contributed by atoms with Gasteiger partial charge in [-0.15, -0.1) is 0 Å². The van der Waals surface area contributed by atoms with Crippen LogP contribution in [0.2, 0.25) is 0 Å². The molecule has 0 atom stereocenters. The van der Waals surface area contributed by atoms with Crippen LogP contribution in [0.5, 0.6) is 11.5 Å². The maximum atomic E-state index is 12.6. The van der Waals surface area contributed by atoms with Crippen molar-refractivity contribution in [2.45, 2.75) is 6.18 Å². The van der Waals surface area contributed by atoms with Gasteiger partial charge in [-0.3, -0.25) is 14.9 Å². The lowest BCUT2D eigenvalue weighted by atomic mass is 10.2. The van der Waals surface area contributed by atoms with Crippen molar-refractivity contribution < 1.29 is 32.4 Å². The average molecular weight is 370 g/mol. The van der Waals surface area contributed by atoms with Gasteiger partial charge in [0, 0.05) is 17.8 Å². The quantitative estimate of drug-likeness (QED) is 0.619. The van der Waals surface area contributed by atoms with E-state index in [2.05, 4.69) is 5.32 Å². The Labute approximate surface area is 145 Å². The van der Waals surface area contributed by atoms with Gasteiger partial charge in [0.1, 0.15) is 5.75 Å². The van der Waals surface area contributed by atoms with Crippen molar-refractivity contribution in [3.05, 3.63) is 58.1 Å². The number of anilines is 1. The van der Waals surface area contributed by atoms with Crippen LogP contribution in [0, 0.1) is 10.1 Å². The lowest BCUT2D eigenvalue weighted by molar-refractivity contribution is -0.385. The number of methoxy groups -OCH3 is 1. The molecule has 26 heavy (non-hydrogen) atoms. The molecule has 0 aliphatic rings. The summed E-state index contributed by atoms with van der Waals surface area (Å²) >= 11 is 0. The van der Waals surface area contributed by atoms with Crippen molar-refractivity contribution in [1.29, 1.82) is 0 Å². The van der Waals surface area contributed by atoms with Crippen molar-refractivity contribution in [2.24, 2.45) is 0 Å². The second kappa shape index (κ2) is 7.72. The third kappa shape index (κ3) is 4.85. The third-order valence-corrected chi connectivity index (χ3v) is 3.19. The molecular formula is C16H13F3N2O5. The van der Waals surface area contributed by atoms with Crippen LogP contribution in [-0.2, 0) is 11.0 Å². The lowest BCUT2D eigenvalue weighted by Crippen LogP contribution is -2.20. The van der Waals surface area contributed by atoms with Gasteiger partial charge in [0.2, 0.25) is 5.75 Å². The molecule has 138 valence electrons. The van der Waals surface area contributed by atoms with Gasteiger partial charge < -0.3 is 14.8 Å². The molecule has 0 heterocycles. The molecule has 2 rings (SSSR count).